The maximum absolute atomic E-state index is 13.2. The molecule has 3 aromatic rings. The van der Waals surface area contributed by atoms with Gasteiger partial charge in [-0.05, 0) is 48.7 Å². The van der Waals surface area contributed by atoms with Crippen LogP contribution in [-0.4, -0.2) is 40.4 Å². The number of hydrogen-bond donors (Lipinski definition) is 0. The SMILES string of the molecule is Cc1ccccc1C(=O)N1CCC2(C1)CN(Cc1cccnc1)c1cccnc12. The predicted octanol–water partition coefficient (Wildman–Crippen LogP) is 3.59. The van der Waals surface area contributed by atoms with Gasteiger partial charge in [0, 0.05) is 50.3 Å². The molecule has 1 spiro atoms. The van der Waals surface area contributed by atoms with E-state index in [0.29, 0.717) is 6.54 Å². The summed E-state index contributed by atoms with van der Waals surface area (Å²) >= 11 is 0. The lowest BCUT2D eigenvalue weighted by Gasteiger charge is -2.26. The molecule has 5 nitrogen and oxygen atoms in total. The lowest BCUT2D eigenvalue weighted by Crippen LogP contribution is -2.38. The lowest BCUT2D eigenvalue weighted by atomic mass is 9.85. The number of fused-ring (bicyclic) bond motifs is 2. The van der Waals surface area contributed by atoms with Gasteiger partial charge in [0.15, 0.2) is 0 Å². The van der Waals surface area contributed by atoms with Gasteiger partial charge in [0.2, 0.25) is 0 Å². The van der Waals surface area contributed by atoms with E-state index in [1.807, 2.05) is 60.6 Å². The van der Waals surface area contributed by atoms with Crippen LogP contribution < -0.4 is 4.90 Å². The molecule has 4 heterocycles. The number of aryl methyl sites for hydroxylation is 1. The molecular weight excluding hydrogens is 360 g/mol. The molecule has 0 radical (unpaired) electrons. The van der Waals surface area contributed by atoms with Crippen LogP contribution in [0.5, 0.6) is 0 Å². The van der Waals surface area contributed by atoms with Gasteiger partial charge in [-0.2, -0.15) is 0 Å². The van der Waals surface area contributed by atoms with E-state index in [1.54, 1.807) is 6.20 Å². The summed E-state index contributed by atoms with van der Waals surface area (Å²) in [6.07, 6.45) is 6.54. The number of amides is 1. The topological polar surface area (TPSA) is 49.3 Å². The molecule has 1 saturated heterocycles. The van der Waals surface area contributed by atoms with Crippen LogP contribution in [0.4, 0.5) is 5.69 Å². The monoisotopic (exact) mass is 384 g/mol. The van der Waals surface area contributed by atoms with Crippen LogP contribution in [0, 0.1) is 6.92 Å². The average Bonchev–Trinajstić information content (AvgIpc) is 3.31. The minimum absolute atomic E-state index is 0.100. The van der Waals surface area contributed by atoms with Crippen LogP contribution in [0.1, 0.15) is 33.6 Å². The molecule has 1 aromatic carbocycles. The summed E-state index contributed by atoms with van der Waals surface area (Å²) in [5.41, 5.74) is 5.23. The van der Waals surface area contributed by atoms with E-state index in [-0.39, 0.29) is 11.3 Å². The van der Waals surface area contributed by atoms with Gasteiger partial charge in [-0.1, -0.05) is 24.3 Å². The number of aromatic nitrogens is 2. The minimum atomic E-state index is -0.100. The number of anilines is 1. The second-order valence-electron chi connectivity index (χ2n) is 8.16. The molecule has 5 heteroatoms. The Labute approximate surface area is 171 Å². The fraction of sp³-hybridized carbons (Fsp3) is 0.292. The number of nitrogens with zero attached hydrogens (tertiary/aromatic N) is 4. The normalized spacial score (nSPS) is 20.3. The van der Waals surface area contributed by atoms with E-state index in [1.165, 1.54) is 11.3 Å². The third kappa shape index (κ3) is 3.07. The molecule has 0 aliphatic carbocycles. The number of rotatable bonds is 3. The quantitative estimate of drug-likeness (QED) is 0.692. The zero-order chi connectivity index (χ0) is 19.8. The first-order valence-corrected chi connectivity index (χ1v) is 10.1. The second kappa shape index (κ2) is 6.99. The van der Waals surface area contributed by atoms with Crippen molar-refractivity contribution in [3.63, 3.8) is 0 Å². The van der Waals surface area contributed by atoms with Crippen molar-refractivity contribution in [2.45, 2.75) is 25.3 Å². The van der Waals surface area contributed by atoms with Crippen LogP contribution >= 0.6 is 0 Å². The van der Waals surface area contributed by atoms with Gasteiger partial charge in [-0.25, -0.2) is 0 Å². The Morgan fingerprint density at radius 3 is 2.76 bits per heavy atom. The highest BCUT2D eigenvalue weighted by atomic mass is 16.2. The first kappa shape index (κ1) is 17.9. The molecule has 1 fully saturated rings. The van der Waals surface area contributed by atoms with Crippen molar-refractivity contribution >= 4 is 11.6 Å². The van der Waals surface area contributed by atoms with Gasteiger partial charge in [-0.15, -0.1) is 0 Å². The Morgan fingerprint density at radius 1 is 1.07 bits per heavy atom. The summed E-state index contributed by atoms with van der Waals surface area (Å²) < 4.78 is 0. The molecule has 0 saturated carbocycles. The summed E-state index contributed by atoms with van der Waals surface area (Å²) in [4.78, 5) is 26.6. The third-order valence-corrected chi connectivity index (χ3v) is 6.24. The zero-order valence-electron chi connectivity index (χ0n) is 16.6. The van der Waals surface area contributed by atoms with E-state index in [4.69, 9.17) is 4.98 Å². The predicted molar refractivity (Wildman–Crippen MR) is 113 cm³/mol. The van der Waals surface area contributed by atoms with E-state index in [2.05, 4.69) is 22.0 Å². The molecule has 5 rings (SSSR count). The molecule has 2 aromatic heterocycles. The summed E-state index contributed by atoms with van der Waals surface area (Å²) in [6, 6.07) is 16.1. The summed E-state index contributed by atoms with van der Waals surface area (Å²) in [5, 5.41) is 0. The minimum Gasteiger partial charge on any atom is -0.365 e. The smallest absolute Gasteiger partial charge is 0.254 e. The molecule has 1 unspecified atom stereocenters. The molecule has 29 heavy (non-hydrogen) atoms. The number of benzene rings is 1. The van der Waals surface area contributed by atoms with Gasteiger partial charge >= 0.3 is 0 Å². The number of pyridine rings is 2. The molecule has 1 atom stereocenters. The highest BCUT2D eigenvalue weighted by Crippen LogP contribution is 2.45. The third-order valence-electron chi connectivity index (χ3n) is 6.24. The highest BCUT2D eigenvalue weighted by Gasteiger charge is 2.49. The van der Waals surface area contributed by atoms with Gasteiger partial charge in [0.05, 0.1) is 16.8 Å². The maximum atomic E-state index is 13.2. The van der Waals surface area contributed by atoms with Gasteiger partial charge < -0.3 is 9.80 Å². The average molecular weight is 384 g/mol. The molecule has 0 bridgehead atoms. The first-order chi connectivity index (χ1) is 14.2. The summed E-state index contributed by atoms with van der Waals surface area (Å²) in [6.45, 7) is 5.17. The molecule has 2 aliphatic rings. The van der Waals surface area contributed by atoms with Crippen molar-refractivity contribution in [3.05, 3.63) is 89.5 Å². The Balaban J connectivity index is 1.42. The van der Waals surface area contributed by atoms with E-state index < -0.39 is 0 Å². The van der Waals surface area contributed by atoms with Gasteiger partial charge in [0.1, 0.15) is 0 Å². The standard InChI is InChI=1S/C24H24N4O/c1-18-6-2-3-8-20(18)23(29)27-13-10-24(16-27)17-28(15-19-7-4-11-25-14-19)21-9-5-12-26-22(21)24/h2-9,11-12,14H,10,13,15-17H2,1H3. The Morgan fingerprint density at radius 2 is 1.93 bits per heavy atom. The second-order valence-corrected chi connectivity index (χ2v) is 8.16. The lowest BCUT2D eigenvalue weighted by molar-refractivity contribution is 0.0783. The van der Waals surface area contributed by atoms with Crippen molar-refractivity contribution < 1.29 is 4.79 Å². The van der Waals surface area contributed by atoms with Crippen molar-refractivity contribution in [3.8, 4) is 0 Å². The van der Waals surface area contributed by atoms with Crippen molar-refractivity contribution in [1.29, 1.82) is 0 Å². The van der Waals surface area contributed by atoms with Crippen LogP contribution in [0.2, 0.25) is 0 Å². The first-order valence-electron chi connectivity index (χ1n) is 10.1. The number of carbonyl (C=O) groups excluding carboxylic acids is 1. The van der Waals surface area contributed by atoms with E-state index >= 15 is 0 Å². The Hall–Kier alpha value is -3.21. The van der Waals surface area contributed by atoms with Crippen molar-refractivity contribution in [2.75, 3.05) is 24.5 Å². The molecule has 1 amide bonds. The fourth-order valence-corrected chi connectivity index (χ4v) is 4.79. The van der Waals surface area contributed by atoms with Gasteiger partial charge in [0.25, 0.3) is 5.91 Å². The maximum Gasteiger partial charge on any atom is 0.254 e. The molecule has 0 N–H and O–H groups in total. The van der Waals surface area contributed by atoms with Gasteiger partial charge in [-0.3, -0.25) is 14.8 Å². The van der Waals surface area contributed by atoms with Crippen LogP contribution in [0.15, 0.2) is 67.1 Å². The van der Waals surface area contributed by atoms with Crippen LogP contribution in [0.25, 0.3) is 0 Å². The Kier molecular flexibility index (Phi) is 4.31. The van der Waals surface area contributed by atoms with E-state index in [0.717, 1.165) is 42.9 Å². The molecular formula is C24H24N4O. The molecule has 146 valence electrons. The number of likely N-dealkylation sites (tertiary alicyclic amines) is 1. The zero-order valence-corrected chi connectivity index (χ0v) is 16.6. The van der Waals surface area contributed by atoms with Crippen LogP contribution in [-0.2, 0) is 12.0 Å². The Bertz CT molecular complexity index is 1050. The van der Waals surface area contributed by atoms with Crippen molar-refractivity contribution in [1.82, 2.24) is 14.9 Å². The van der Waals surface area contributed by atoms with E-state index in [9.17, 15) is 4.79 Å². The van der Waals surface area contributed by atoms with Crippen molar-refractivity contribution in [2.24, 2.45) is 0 Å². The largest absolute Gasteiger partial charge is 0.365 e. The molecule has 2 aliphatic heterocycles. The van der Waals surface area contributed by atoms with Crippen LogP contribution in [0.3, 0.4) is 0 Å². The summed E-state index contributed by atoms with van der Waals surface area (Å²) in [7, 11) is 0. The summed E-state index contributed by atoms with van der Waals surface area (Å²) in [5.74, 6) is 0.128. The fourth-order valence-electron chi connectivity index (χ4n) is 4.79. The number of hydrogen-bond acceptors (Lipinski definition) is 4. The number of carbonyl (C=O) groups is 1. The highest BCUT2D eigenvalue weighted by molar-refractivity contribution is 5.96.